The van der Waals surface area contributed by atoms with Crippen LogP contribution in [0.2, 0.25) is 75.5 Å². The van der Waals surface area contributed by atoms with Gasteiger partial charge in [-0.15, -0.1) is 0 Å². The Bertz CT molecular complexity index is 1820. The number of hydrogen-bond donors (Lipinski definition) is 0. The van der Waals surface area contributed by atoms with Crippen LogP contribution in [-0.2, 0) is 18.9 Å². The Hall–Kier alpha value is -1.89. The summed E-state index contributed by atoms with van der Waals surface area (Å²) in [7, 11) is -13.2. The fraction of sp³-hybridized carbons (Fsp3) is 1.00. The highest BCUT2D eigenvalue weighted by atomic mass is 28.3. The summed E-state index contributed by atoms with van der Waals surface area (Å²) in [5, 5.41) is 0. The standard InChI is InChI=1S/C31H36F34O4Si3/c1-70(2,3)13(11-15(72(7,8)9)17(33,23(43,44)45)67-31(64,65)21(39,27(55,56)57)69-29(60,61)19(36,37)25(49,50)51)10-14(71(4,5)6)12-16(32,22(40,41)42)66-30(62,63)20(38,26(52,53)54)68-28(58,59)18(34,35)24(46,47)48/h13-15H,10-12H2,1-9H3. The van der Waals surface area contributed by atoms with Crippen LogP contribution in [0.5, 0.6) is 0 Å². The molecule has 0 amide bonds. The molecule has 0 aliphatic carbocycles. The second-order valence-corrected chi connectivity index (χ2v) is 35.4. The fourth-order valence-electron chi connectivity index (χ4n) is 5.99. The molecule has 0 bridgehead atoms. The van der Waals surface area contributed by atoms with Crippen molar-refractivity contribution in [1.82, 2.24) is 0 Å². The fourth-order valence-corrected chi connectivity index (χ4v) is 12.6. The van der Waals surface area contributed by atoms with Crippen LogP contribution < -0.4 is 0 Å². The first-order valence-corrected chi connectivity index (χ1v) is 29.3. The molecule has 0 N–H and O–H groups in total. The van der Waals surface area contributed by atoms with Crippen LogP contribution in [0.25, 0.3) is 0 Å². The molecule has 0 aliphatic heterocycles. The first-order chi connectivity index (χ1) is 30.4. The topological polar surface area (TPSA) is 36.9 Å². The minimum Gasteiger partial charge on any atom is -0.270 e. The smallest absolute Gasteiger partial charge is 0.270 e. The van der Waals surface area contributed by atoms with E-state index in [1.165, 1.54) is 9.47 Å². The summed E-state index contributed by atoms with van der Waals surface area (Å²) < 4.78 is 484. The SMILES string of the molecule is C[Si](C)(C)C(CC(CC(F)(OC(F)(F)C(F)(OC(F)(F)C(F)(F)C(F)(F)F)C(F)(F)F)C(F)(F)F)[Si](C)(C)C)CC(C(F)(OC(F)(F)C(F)(OC(F)(F)C(F)(F)C(F)(F)F)C(F)(F)F)C(F)(F)F)[Si](C)(C)C. The summed E-state index contributed by atoms with van der Waals surface area (Å²) >= 11 is 0. The molecule has 72 heavy (non-hydrogen) atoms. The first-order valence-electron chi connectivity index (χ1n) is 18.6. The van der Waals surface area contributed by atoms with E-state index >= 15 is 22.0 Å². The molecular formula is C31H36F34O4Si3. The quantitative estimate of drug-likeness (QED) is 0.0800. The van der Waals surface area contributed by atoms with E-state index in [1.54, 1.807) is 0 Å². The molecule has 0 saturated carbocycles. The van der Waals surface area contributed by atoms with Crippen LogP contribution in [0, 0.1) is 0 Å². The van der Waals surface area contributed by atoms with Crippen LogP contribution in [0.1, 0.15) is 19.3 Å². The molecule has 0 aromatic carbocycles. The number of alkyl halides is 34. The number of ether oxygens (including phenoxy) is 4. The highest BCUT2D eigenvalue weighted by molar-refractivity contribution is 6.80. The van der Waals surface area contributed by atoms with E-state index in [2.05, 4.69) is 9.47 Å². The maximum Gasteiger partial charge on any atom is 0.462 e. The van der Waals surface area contributed by atoms with Gasteiger partial charge < -0.3 is 0 Å². The summed E-state index contributed by atoms with van der Waals surface area (Å²) in [5.74, 6) is -46.6. The minimum absolute atomic E-state index is 0.406. The van der Waals surface area contributed by atoms with Crippen LogP contribution >= 0.6 is 0 Å². The summed E-state index contributed by atoms with van der Waals surface area (Å²) in [5.41, 5.74) is -8.78. The van der Waals surface area contributed by atoms with E-state index < -0.39 is 157 Å². The van der Waals surface area contributed by atoms with Gasteiger partial charge in [0, 0.05) is 28.1 Å². The van der Waals surface area contributed by atoms with E-state index in [1.807, 2.05) is 0 Å². The van der Waals surface area contributed by atoms with Gasteiger partial charge in [0.25, 0.3) is 0 Å². The third kappa shape index (κ3) is 13.8. The molecule has 0 radical (unpaired) electrons. The molecular weight excluding hydrogens is 1170 g/mol. The Labute approximate surface area is 384 Å². The molecule has 0 rings (SSSR count). The third-order valence-electron chi connectivity index (χ3n) is 10.4. The van der Waals surface area contributed by atoms with E-state index in [9.17, 15) is 127 Å². The summed E-state index contributed by atoms with van der Waals surface area (Å²) in [4.78, 5) is 0. The van der Waals surface area contributed by atoms with Gasteiger partial charge in [-0.3, -0.25) is 18.9 Å². The Morgan fingerprint density at radius 1 is 0.292 bits per heavy atom. The van der Waals surface area contributed by atoms with E-state index in [0.717, 1.165) is 19.6 Å². The monoisotopic (exact) mass is 1200 g/mol. The van der Waals surface area contributed by atoms with Gasteiger partial charge in [-0.05, 0) is 17.5 Å². The van der Waals surface area contributed by atoms with Crippen molar-refractivity contribution in [3.05, 3.63) is 0 Å². The summed E-state index contributed by atoms with van der Waals surface area (Å²) in [6.45, 7) is 5.80. The second kappa shape index (κ2) is 19.5. The highest BCUT2D eigenvalue weighted by Gasteiger charge is 2.87. The largest absolute Gasteiger partial charge is 0.462 e. The average molecular weight is 1200 g/mol. The highest BCUT2D eigenvalue weighted by Crippen LogP contribution is 2.63. The number of hydrogen-bond acceptors (Lipinski definition) is 4. The molecule has 0 heterocycles. The molecule has 0 aromatic heterocycles. The van der Waals surface area contributed by atoms with Gasteiger partial charge in [-0.2, -0.15) is 140 Å². The third-order valence-corrected chi connectivity index (χ3v) is 18.9. The molecule has 434 valence electrons. The Morgan fingerprint density at radius 2 is 0.583 bits per heavy atom. The predicted octanol–water partition coefficient (Wildman–Crippen LogP) is 17.0. The van der Waals surface area contributed by atoms with Crippen molar-refractivity contribution in [2.45, 2.75) is 192 Å². The maximum atomic E-state index is 16.6. The van der Waals surface area contributed by atoms with Gasteiger partial charge in [0.2, 0.25) is 0 Å². The molecule has 0 spiro atoms. The molecule has 0 saturated heterocycles. The number of halogens is 34. The zero-order valence-corrected chi connectivity index (χ0v) is 39.8. The van der Waals surface area contributed by atoms with Crippen molar-refractivity contribution < 1.29 is 168 Å². The van der Waals surface area contributed by atoms with E-state index in [-0.39, 0.29) is 0 Å². The minimum atomic E-state index is -8.38. The molecule has 7 atom stereocenters. The van der Waals surface area contributed by atoms with Crippen molar-refractivity contribution in [1.29, 1.82) is 0 Å². The lowest BCUT2D eigenvalue weighted by molar-refractivity contribution is -0.552. The Morgan fingerprint density at radius 3 is 0.806 bits per heavy atom. The van der Waals surface area contributed by atoms with Gasteiger partial charge in [0.05, 0.1) is 8.07 Å². The van der Waals surface area contributed by atoms with Crippen LogP contribution in [0.3, 0.4) is 0 Å². The lowest BCUT2D eigenvalue weighted by Gasteiger charge is -2.48. The normalized spacial score (nSPS) is 20.5. The van der Waals surface area contributed by atoms with Crippen molar-refractivity contribution in [3.8, 4) is 0 Å². The van der Waals surface area contributed by atoms with E-state index in [0.29, 0.717) is 39.3 Å². The van der Waals surface area contributed by atoms with Gasteiger partial charge >= 0.3 is 96.8 Å². The maximum absolute atomic E-state index is 16.6. The molecule has 7 unspecified atom stereocenters. The van der Waals surface area contributed by atoms with Gasteiger partial charge in [-0.25, -0.2) is 8.78 Å². The van der Waals surface area contributed by atoms with Crippen LogP contribution in [0.4, 0.5) is 149 Å². The number of rotatable bonds is 22. The lowest BCUT2D eigenvalue weighted by Crippen LogP contribution is -2.68. The molecule has 4 nitrogen and oxygen atoms in total. The van der Waals surface area contributed by atoms with Crippen molar-refractivity contribution in [2.75, 3.05) is 0 Å². The van der Waals surface area contributed by atoms with E-state index in [4.69, 9.17) is 0 Å². The zero-order chi connectivity index (χ0) is 59.2. The Kier molecular flexibility index (Phi) is 19.0. The second-order valence-electron chi connectivity index (χ2n) is 18.9. The molecule has 0 fully saturated rings. The van der Waals surface area contributed by atoms with Crippen molar-refractivity contribution in [2.24, 2.45) is 0 Å². The zero-order valence-electron chi connectivity index (χ0n) is 36.8. The van der Waals surface area contributed by atoms with Crippen LogP contribution in [0.15, 0.2) is 0 Å². The first kappa shape index (κ1) is 70.1. The van der Waals surface area contributed by atoms with Gasteiger partial charge in [0.1, 0.15) is 0 Å². The molecule has 41 heteroatoms. The van der Waals surface area contributed by atoms with Crippen molar-refractivity contribution >= 4 is 24.2 Å². The molecule has 0 aromatic rings. The Balaban J connectivity index is 8.17. The lowest BCUT2D eigenvalue weighted by atomic mass is 10.0. The van der Waals surface area contributed by atoms with Gasteiger partial charge in [-0.1, -0.05) is 65.3 Å². The summed E-state index contributed by atoms with van der Waals surface area (Å²) in [6.07, 6.45) is -86.8. The van der Waals surface area contributed by atoms with Gasteiger partial charge in [0.15, 0.2) is 0 Å². The predicted molar refractivity (Wildman–Crippen MR) is 181 cm³/mol. The summed E-state index contributed by atoms with van der Waals surface area (Å²) in [6, 6.07) is 0. The average Bonchev–Trinajstić information content (AvgIpc) is 3.03. The molecule has 0 aliphatic rings. The van der Waals surface area contributed by atoms with Crippen molar-refractivity contribution in [3.63, 3.8) is 0 Å². The van der Waals surface area contributed by atoms with Crippen LogP contribution in [-0.4, -0.2) is 121 Å².